The van der Waals surface area contributed by atoms with Gasteiger partial charge < -0.3 is 18.9 Å². The molecule has 6 heteroatoms. The van der Waals surface area contributed by atoms with E-state index >= 15 is 0 Å². The lowest BCUT2D eigenvalue weighted by Gasteiger charge is -2.52. The van der Waals surface area contributed by atoms with Crippen LogP contribution in [0.3, 0.4) is 0 Å². The number of carbonyl (C=O) groups is 1. The van der Waals surface area contributed by atoms with Crippen molar-refractivity contribution in [2.24, 2.45) is 0 Å². The quantitative estimate of drug-likeness (QED) is 0.562. The lowest BCUT2D eigenvalue weighted by molar-refractivity contribution is -0.448. The third kappa shape index (κ3) is 2.01. The van der Waals surface area contributed by atoms with Crippen molar-refractivity contribution in [3.8, 4) is 0 Å². The first-order chi connectivity index (χ1) is 9.90. The van der Waals surface area contributed by atoms with Crippen molar-refractivity contribution < 1.29 is 23.7 Å². The molecule has 0 aromatic rings. The first kappa shape index (κ1) is 15.1. The van der Waals surface area contributed by atoms with E-state index in [9.17, 15) is 4.79 Å². The van der Waals surface area contributed by atoms with E-state index in [1.807, 2.05) is 0 Å². The van der Waals surface area contributed by atoms with Crippen molar-refractivity contribution in [1.29, 1.82) is 0 Å². The van der Waals surface area contributed by atoms with Gasteiger partial charge in [-0.05, 0) is 13.8 Å². The Labute approximate surface area is 125 Å². The number of fused-ring (bicyclic) bond motifs is 3. The van der Waals surface area contributed by atoms with Gasteiger partial charge in [0.25, 0.3) is 0 Å². The van der Waals surface area contributed by atoms with E-state index in [0.29, 0.717) is 13.0 Å². The number of hydrogen-bond acceptors (Lipinski definition) is 6. The summed E-state index contributed by atoms with van der Waals surface area (Å²) in [5, 5.41) is 0. The smallest absolute Gasteiger partial charge is 0.220 e. The molecule has 0 N–H and O–H groups in total. The Morgan fingerprint density at radius 3 is 2.52 bits per heavy atom. The molecule has 0 bridgehead atoms. The molecule has 7 atom stereocenters. The molecule has 0 radical (unpaired) electrons. The molecule has 3 unspecified atom stereocenters. The Morgan fingerprint density at radius 1 is 1.33 bits per heavy atom. The molecule has 1 saturated carbocycles. The molecule has 21 heavy (non-hydrogen) atoms. The molecule has 0 spiro atoms. The normalized spacial score (nSPS) is 52.0. The van der Waals surface area contributed by atoms with Crippen molar-refractivity contribution in [2.75, 3.05) is 20.8 Å². The summed E-state index contributed by atoms with van der Waals surface area (Å²) in [7, 11) is 3.12. The number of methoxy groups -OCH3 is 2. The minimum Gasteiger partial charge on any atom is -0.349 e. The number of nitrogens with zero attached hydrogens (tertiary/aromatic N) is 1. The molecule has 3 aliphatic rings. The zero-order valence-corrected chi connectivity index (χ0v) is 13.0. The van der Waals surface area contributed by atoms with Gasteiger partial charge in [-0.15, -0.1) is 6.58 Å². The maximum absolute atomic E-state index is 12.2. The first-order valence-electron chi connectivity index (χ1n) is 7.26. The minimum absolute atomic E-state index is 0.0464. The fourth-order valence-electron chi connectivity index (χ4n) is 3.56. The molecule has 6 nitrogen and oxygen atoms in total. The highest BCUT2D eigenvalue weighted by Crippen LogP contribution is 2.49. The van der Waals surface area contributed by atoms with Crippen LogP contribution in [0, 0.1) is 0 Å². The van der Waals surface area contributed by atoms with Crippen LogP contribution in [0.25, 0.3) is 0 Å². The van der Waals surface area contributed by atoms with Crippen LogP contribution in [-0.4, -0.2) is 67.3 Å². The zero-order chi connectivity index (χ0) is 15.4. The van der Waals surface area contributed by atoms with E-state index < -0.39 is 11.6 Å². The van der Waals surface area contributed by atoms with Gasteiger partial charge in [0.15, 0.2) is 5.78 Å². The van der Waals surface area contributed by atoms with Crippen molar-refractivity contribution in [1.82, 2.24) is 4.90 Å². The number of ketones is 1. The number of rotatable bonds is 4. The van der Waals surface area contributed by atoms with Gasteiger partial charge >= 0.3 is 0 Å². The summed E-state index contributed by atoms with van der Waals surface area (Å²) in [6.45, 7) is 8.00. The summed E-state index contributed by atoms with van der Waals surface area (Å²) in [6, 6.07) is -0.0222. The second kappa shape index (κ2) is 4.86. The third-order valence-electron chi connectivity index (χ3n) is 5.09. The fraction of sp³-hybridized carbons (Fsp3) is 0.800. The van der Waals surface area contributed by atoms with Crippen LogP contribution < -0.4 is 0 Å². The number of carbonyl (C=O) groups excluding carboxylic acids is 1. The largest absolute Gasteiger partial charge is 0.349 e. The second-order valence-electron chi connectivity index (χ2n) is 6.13. The standard InChI is InChI=1S/C15H23NO5/c1-6-7-16-11-9(17)8-10-13(12(11)16)21-15(3,19-5)14(2,18-4)20-10/h6,10-13H,1,7-8H2,2-5H3/t10?,11-,12-,13?,14-,15-,16?/m0/s1. The second-order valence-corrected chi connectivity index (χ2v) is 6.13. The molecule has 118 valence electrons. The highest BCUT2D eigenvalue weighted by Gasteiger charge is 2.68. The summed E-state index contributed by atoms with van der Waals surface area (Å²) >= 11 is 0. The van der Waals surface area contributed by atoms with E-state index in [1.54, 1.807) is 34.1 Å². The molecule has 2 aliphatic heterocycles. The highest BCUT2D eigenvalue weighted by atomic mass is 16.8. The van der Waals surface area contributed by atoms with E-state index in [0.717, 1.165) is 0 Å². The van der Waals surface area contributed by atoms with Gasteiger partial charge in [0, 0.05) is 27.2 Å². The summed E-state index contributed by atoms with van der Waals surface area (Å²) < 4.78 is 23.3. The topological polar surface area (TPSA) is 57.0 Å². The van der Waals surface area contributed by atoms with Crippen LogP contribution in [0.1, 0.15) is 20.3 Å². The summed E-state index contributed by atoms with van der Waals surface area (Å²) in [6.07, 6.45) is 1.65. The maximum Gasteiger partial charge on any atom is 0.220 e. The molecular weight excluding hydrogens is 274 g/mol. The highest BCUT2D eigenvalue weighted by molar-refractivity contribution is 5.90. The van der Waals surface area contributed by atoms with Gasteiger partial charge in [0.2, 0.25) is 11.6 Å². The average Bonchev–Trinajstić information content (AvgIpc) is 3.17. The number of likely N-dealkylation sites (tertiary alicyclic amines) is 1. The van der Waals surface area contributed by atoms with Gasteiger partial charge in [0.1, 0.15) is 6.10 Å². The van der Waals surface area contributed by atoms with Crippen LogP contribution in [0.2, 0.25) is 0 Å². The summed E-state index contributed by atoms with van der Waals surface area (Å²) in [5.74, 6) is -1.86. The lowest BCUT2D eigenvalue weighted by atomic mass is 9.90. The van der Waals surface area contributed by atoms with Gasteiger partial charge in [-0.2, -0.15) is 0 Å². The third-order valence-corrected chi connectivity index (χ3v) is 5.09. The molecule has 2 saturated heterocycles. The van der Waals surface area contributed by atoms with E-state index in [1.165, 1.54) is 0 Å². The number of Topliss-reactive ketones (excluding diaryl/α,β-unsaturated/α-hetero) is 1. The van der Waals surface area contributed by atoms with Crippen molar-refractivity contribution in [3.63, 3.8) is 0 Å². The van der Waals surface area contributed by atoms with Crippen LogP contribution in [0.5, 0.6) is 0 Å². The number of ether oxygens (including phenoxy) is 4. The first-order valence-corrected chi connectivity index (χ1v) is 7.26. The Hall–Kier alpha value is -0.790. The van der Waals surface area contributed by atoms with Gasteiger partial charge in [-0.1, -0.05) is 6.08 Å². The lowest BCUT2D eigenvalue weighted by Crippen LogP contribution is -2.67. The average molecular weight is 297 g/mol. The van der Waals surface area contributed by atoms with E-state index in [4.69, 9.17) is 18.9 Å². The Morgan fingerprint density at radius 2 is 1.95 bits per heavy atom. The summed E-state index contributed by atoms with van der Waals surface area (Å²) in [4.78, 5) is 14.3. The molecule has 0 amide bonds. The number of hydrogen-bond donors (Lipinski definition) is 0. The van der Waals surface area contributed by atoms with Crippen LogP contribution in [-0.2, 0) is 23.7 Å². The molecule has 2 heterocycles. The molecule has 3 fully saturated rings. The molecule has 1 aliphatic carbocycles. The monoisotopic (exact) mass is 297 g/mol. The van der Waals surface area contributed by atoms with Gasteiger partial charge in [-0.3, -0.25) is 9.69 Å². The predicted octanol–water partition coefficient (Wildman–Crippen LogP) is 0.707. The van der Waals surface area contributed by atoms with Crippen molar-refractivity contribution >= 4 is 5.78 Å². The molecular formula is C15H23NO5. The Kier molecular flexibility index (Phi) is 3.50. The molecule has 0 aromatic heterocycles. The van der Waals surface area contributed by atoms with Crippen LogP contribution in [0.4, 0.5) is 0 Å². The molecule has 3 rings (SSSR count). The zero-order valence-electron chi connectivity index (χ0n) is 13.0. The predicted molar refractivity (Wildman–Crippen MR) is 74.7 cm³/mol. The van der Waals surface area contributed by atoms with Crippen LogP contribution >= 0.6 is 0 Å². The van der Waals surface area contributed by atoms with Gasteiger partial charge in [0.05, 0.1) is 18.2 Å². The van der Waals surface area contributed by atoms with Crippen LogP contribution in [0.15, 0.2) is 12.7 Å². The SMILES string of the molecule is C=CCN1[C@@H]2C3O[C@](C)(OC)[C@@](C)(OC)OC3CC(=O)[C@@H]21. The Balaban J connectivity index is 1.87. The van der Waals surface area contributed by atoms with E-state index in [2.05, 4.69) is 11.5 Å². The Bertz CT molecular complexity index is 469. The van der Waals surface area contributed by atoms with Crippen molar-refractivity contribution in [3.05, 3.63) is 12.7 Å². The fourth-order valence-corrected chi connectivity index (χ4v) is 3.56. The van der Waals surface area contributed by atoms with Crippen molar-refractivity contribution in [2.45, 2.75) is 56.1 Å². The minimum atomic E-state index is -1.05. The van der Waals surface area contributed by atoms with E-state index in [-0.39, 0.29) is 30.1 Å². The summed E-state index contributed by atoms with van der Waals surface area (Å²) in [5.41, 5.74) is 0. The maximum atomic E-state index is 12.2. The van der Waals surface area contributed by atoms with Gasteiger partial charge in [-0.25, -0.2) is 0 Å². The molecule has 0 aromatic carbocycles.